The molecule has 2 nitrogen and oxygen atoms in total. The molecule has 0 aliphatic heterocycles. The van der Waals surface area contributed by atoms with Crippen LogP contribution in [0.25, 0.3) is 10.8 Å². The average Bonchev–Trinajstić information content (AvgIpc) is 3.29. The van der Waals surface area contributed by atoms with Crippen molar-refractivity contribution in [1.82, 2.24) is 0 Å². The molecular weight excluding hydrogens is 949 g/mol. The molecule has 0 atom stereocenters. The van der Waals surface area contributed by atoms with E-state index in [1.165, 1.54) is 5.39 Å². The summed E-state index contributed by atoms with van der Waals surface area (Å²) in [6, 6.07) is 17.1. The minimum atomic E-state index is -7.22. The first-order valence-corrected chi connectivity index (χ1v) is 17.7. The maximum atomic E-state index is 15.4. The fraction of sp³-hybridized carbons (Fsp3) is 0.0244. The van der Waals surface area contributed by atoms with E-state index in [1.54, 1.807) is 24.3 Å². The molecule has 24 heteroatoms. The Labute approximate surface area is 353 Å². The Morgan fingerprint density at radius 2 is 0.662 bits per heavy atom. The van der Waals surface area contributed by atoms with E-state index in [4.69, 9.17) is 11.6 Å². The van der Waals surface area contributed by atoms with Crippen LogP contribution in [0.3, 0.4) is 0 Å². The minimum absolute atomic E-state index is 0.0712. The highest BCUT2D eigenvalue weighted by Gasteiger charge is 2.52. The molecule has 1 aromatic heterocycles. The number of carbonyl (C=O) groups is 1. The van der Waals surface area contributed by atoms with Crippen LogP contribution in [-0.4, -0.2) is 11.9 Å². The van der Waals surface area contributed by atoms with E-state index in [2.05, 4.69) is 6.07 Å². The van der Waals surface area contributed by atoms with Gasteiger partial charge in [0, 0.05) is 22.0 Å². The van der Waals surface area contributed by atoms with E-state index < -0.39 is 144 Å². The fourth-order valence-electron chi connectivity index (χ4n) is 7.04. The number of halogens is 21. The molecule has 1 heterocycles. The van der Waals surface area contributed by atoms with Crippen molar-refractivity contribution in [3.8, 4) is 0 Å². The van der Waals surface area contributed by atoms with Crippen LogP contribution in [0.4, 0.5) is 87.8 Å². The van der Waals surface area contributed by atoms with E-state index in [0.29, 0.717) is 17.1 Å². The Bertz CT molecular complexity index is 2730. The van der Waals surface area contributed by atoms with E-state index in [0.717, 1.165) is 5.39 Å². The number of rotatable bonds is 7. The lowest BCUT2D eigenvalue weighted by molar-refractivity contribution is -0.681. The molecular formula is C41H13BClF20NO. The predicted octanol–water partition coefficient (Wildman–Crippen LogP) is 9.51. The quantitative estimate of drug-likeness (QED) is 0.0390. The highest BCUT2D eigenvalue weighted by atomic mass is 35.5. The van der Waals surface area contributed by atoms with Gasteiger partial charge in [-0.3, -0.25) is 4.79 Å². The number of hydrogen-bond donors (Lipinski definition) is 0. The first-order chi connectivity index (χ1) is 30.4. The lowest BCUT2D eigenvalue weighted by Crippen LogP contribution is -2.81. The number of fused-ring (bicyclic) bond motifs is 1. The summed E-state index contributed by atoms with van der Waals surface area (Å²) in [4.78, 5) is 12.2. The zero-order valence-corrected chi connectivity index (χ0v) is 31.7. The number of nitrogens with zero attached hydrogens (tertiary/aromatic N) is 1. The van der Waals surface area contributed by atoms with Crippen LogP contribution in [0.2, 0.25) is 5.02 Å². The number of aromatic nitrogens is 1. The van der Waals surface area contributed by atoms with Gasteiger partial charge in [0.2, 0.25) is 12.3 Å². The largest absolute Gasteiger partial charge is 0.287 e. The summed E-state index contributed by atoms with van der Waals surface area (Å²) in [5.74, 6) is -71.3. The molecule has 0 fully saturated rings. The van der Waals surface area contributed by atoms with E-state index >= 15 is 35.1 Å². The third kappa shape index (κ3) is 7.67. The van der Waals surface area contributed by atoms with Gasteiger partial charge in [-0.05, 0) is 35.7 Å². The first-order valence-electron chi connectivity index (χ1n) is 17.3. The van der Waals surface area contributed by atoms with Gasteiger partial charge in [-0.25, -0.2) is 87.8 Å². The average molecular weight is 962 g/mol. The summed E-state index contributed by atoms with van der Waals surface area (Å²) < 4.78 is 296. The monoisotopic (exact) mass is 961 g/mol. The Morgan fingerprint density at radius 1 is 0.385 bits per heavy atom. The molecule has 0 aliphatic carbocycles. The van der Waals surface area contributed by atoms with Crippen molar-refractivity contribution < 1.29 is 97.2 Å². The molecule has 6 aromatic carbocycles. The summed E-state index contributed by atoms with van der Waals surface area (Å²) in [5, 5.41) is 2.93. The second kappa shape index (κ2) is 17.7. The zero-order chi connectivity index (χ0) is 48.3. The van der Waals surface area contributed by atoms with E-state index in [1.807, 2.05) is 41.2 Å². The van der Waals surface area contributed by atoms with Gasteiger partial charge >= 0.3 is 0 Å². The molecule has 7 rings (SSSR count). The molecule has 0 saturated heterocycles. The van der Waals surface area contributed by atoms with Crippen LogP contribution in [0.5, 0.6) is 0 Å². The Balaban J connectivity index is 0.000000289. The molecule has 0 aliphatic rings. The number of Topliss-reactive ketones (excluding diaryl/α,β-unsaturated/α-hetero) is 1. The summed E-state index contributed by atoms with van der Waals surface area (Å²) in [5.41, 5.74) is -13.7. The van der Waals surface area contributed by atoms with Gasteiger partial charge < -0.3 is 0 Å². The molecule has 7 aromatic rings. The van der Waals surface area contributed by atoms with E-state index in [-0.39, 0.29) is 5.78 Å². The predicted molar refractivity (Wildman–Crippen MR) is 189 cm³/mol. The topological polar surface area (TPSA) is 20.9 Å². The van der Waals surface area contributed by atoms with Crippen LogP contribution in [0.1, 0.15) is 10.4 Å². The maximum absolute atomic E-state index is 15.4. The highest BCUT2D eigenvalue weighted by Crippen LogP contribution is 2.31. The number of hydrogen-bond acceptors (Lipinski definition) is 1. The van der Waals surface area contributed by atoms with Gasteiger partial charge in [0.15, 0.2) is 82.2 Å². The lowest BCUT2D eigenvalue weighted by Gasteiger charge is -2.44. The Kier molecular flexibility index (Phi) is 13.0. The van der Waals surface area contributed by atoms with Crippen molar-refractivity contribution in [2.75, 3.05) is 0 Å². The molecule has 0 spiro atoms. The molecule has 65 heavy (non-hydrogen) atoms. The normalized spacial score (nSPS) is 11.6. The van der Waals surface area contributed by atoms with Crippen LogP contribution in [0.15, 0.2) is 67.0 Å². The van der Waals surface area contributed by atoms with Crippen LogP contribution < -0.4 is 26.4 Å². The van der Waals surface area contributed by atoms with Crippen molar-refractivity contribution in [2.24, 2.45) is 0 Å². The third-order valence-electron chi connectivity index (χ3n) is 9.95. The van der Waals surface area contributed by atoms with Gasteiger partial charge in [0.05, 0.1) is 0 Å². The molecule has 0 bridgehead atoms. The molecule has 0 amide bonds. The zero-order valence-electron chi connectivity index (χ0n) is 30.9. The van der Waals surface area contributed by atoms with Gasteiger partial charge in [-0.1, -0.05) is 29.8 Å². The lowest BCUT2D eigenvalue weighted by atomic mass is 9.12. The molecule has 338 valence electrons. The van der Waals surface area contributed by atoms with Crippen molar-refractivity contribution in [2.45, 2.75) is 6.54 Å². The Morgan fingerprint density at radius 3 is 0.969 bits per heavy atom. The number of pyridine rings is 1. The molecule has 0 unspecified atom stereocenters. The smallest absolute Gasteiger partial charge is 0.227 e. The van der Waals surface area contributed by atoms with Crippen LogP contribution >= 0.6 is 11.6 Å². The SMILES string of the molecule is Fc1c(F)c(F)c([B-](c2c(F)c(F)c(F)c(F)c2F)(c2c(F)c(F)c(F)c(F)c2F)c2c(F)c(F)c(F)c(F)c2F)c(F)c1F.O=C(C[n+]1ccc2ccccc2c1)c1ccc(Cl)cc1. The minimum Gasteiger partial charge on any atom is -0.287 e. The standard InChI is InChI=1S/C24BF20.C17H13ClNO/c26-5-1(6(27)14(35)21(42)13(5)34)25(2-7(28)15(36)22(43)16(37)8(2)29,3-9(30)17(38)23(44)18(39)10(3)31)4-11(32)19(40)24(45)20(41)12(4)33;18-16-7-5-14(6-8-16)17(20)12-19-10-9-13-3-1-2-4-15(13)11-19/h;1-11H,12H2/q-1;+1. The highest BCUT2D eigenvalue weighted by molar-refractivity contribution is 7.20. The van der Waals surface area contributed by atoms with Crippen molar-refractivity contribution in [3.63, 3.8) is 0 Å². The van der Waals surface area contributed by atoms with Crippen molar-refractivity contribution >= 4 is 56.2 Å². The fourth-order valence-corrected chi connectivity index (χ4v) is 7.17. The number of benzene rings is 6. The molecule has 0 saturated carbocycles. The van der Waals surface area contributed by atoms with Crippen molar-refractivity contribution in [1.29, 1.82) is 0 Å². The van der Waals surface area contributed by atoms with Gasteiger partial charge in [0.1, 0.15) is 52.7 Å². The molecule has 0 radical (unpaired) electrons. The Hall–Kier alpha value is -6.65. The number of ketones is 1. The third-order valence-corrected chi connectivity index (χ3v) is 10.2. The summed E-state index contributed by atoms with van der Waals surface area (Å²) >= 11 is 5.83. The van der Waals surface area contributed by atoms with Crippen molar-refractivity contribution in [3.05, 3.63) is 194 Å². The maximum Gasteiger partial charge on any atom is 0.227 e. The number of carbonyl (C=O) groups excluding carboxylic acids is 1. The first kappa shape index (κ1) is 47.8. The summed E-state index contributed by atoms with van der Waals surface area (Å²) in [7, 11) is 0. The molecule has 0 N–H and O–H groups in total. The van der Waals surface area contributed by atoms with E-state index in [9.17, 15) is 57.5 Å². The van der Waals surface area contributed by atoms with Crippen LogP contribution in [0, 0.1) is 116 Å². The second-order valence-electron chi connectivity index (χ2n) is 13.5. The second-order valence-corrected chi connectivity index (χ2v) is 13.9. The van der Waals surface area contributed by atoms with Gasteiger partial charge in [0.25, 0.3) is 0 Å². The summed E-state index contributed by atoms with van der Waals surface area (Å²) in [6.45, 7) is 0.326. The van der Waals surface area contributed by atoms with Gasteiger partial charge in [-0.15, -0.1) is 21.9 Å². The van der Waals surface area contributed by atoms with Crippen LogP contribution in [-0.2, 0) is 6.54 Å². The summed E-state index contributed by atoms with van der Waals surface area (Å²) in [6.07, 6.45) is -3.30. The van der Waals surface area contributed by atoms with Gasteiger partial charge in [-0.2, -0.15) is 4.57 Å².